The summed E-state index contributed by atoms with van der Waals surface area (Å²) in [5.41, 5.74) is 0.379. The number of aryl methyl sites for hydroxylation is 1. The van der Waals surface area contributed by atoms with Gasteiger partial charge in [0.2, 0.25) is 0 Å². The zero-order chi connectivity index (χ0) is 14.0. The van der Waals surface area contributed by atoms with E-state index in [2.05, 4.69) is 15.3 Å². The molecule has 6 nitrogen and oxygen atoms in total. The molecule has 0 aromatic carbocycles. The fourth-order valence-corrected chi connectivity index (χ4v) is 2.80. The highest BCUT2D eigenvalue weighted by Gasteiger charge is 2.18. The third-order valence-corrected chi connectivity index (χ3v) is 4.11. The molecule has 0 aliphatic carbocycles. The quantitative estimate of drug-likeness (QED) is 0.772. The SMILES string of the molecule is CCC(O)CNC(=O)c1sc2nc[nH]c(=O)c2c1C. The van der Waals surface area contributed by atoms with Crippen molar-refractivity contribution in [2.45, 2.75) is 26.4 Å². The molecular formula is C12H15N3O3S. The summed E-state index contributed by atoms with van der Waals surface area (Å²) >= 11 is 1.18. The molecule has 0 radical (unpaired) electrons. The van der Waals surface area contributed by atoms with Gasteiger partial charge in [0, 0.05) is 6.54 Å². The Morgan fingerprint density at radius 2 is 2.37 bits per heavy atom. The predicted molar refractivity (Wildman–Crippen MR) is 73.6 cm³/mol. The van der Waals surface area contributed by atoms with Crippen molar-refractivity contribution < 1.29 is 9.90 Å². The first-order valence-corrected chi connectivity index (χ1v) is 6.79. The van der Waals surface area contributed by atoms with E-state index in [1.54, 1.807) is 6.92 Å². The molecule has 1 atom stereocenters. The Morgan fingerprint density at radius 1 is 1.63 bits per heavy atom. The molecule has 0 aliphatic rings. The highest BCUT2D eigenvalue weighted by atomic mass is 32.1. The standard InChI is InChI=1S/C12H15N3O3S/c1-3-7(16)4-13-11(18)9-6(2)8-10(17)14-5-15-12(8)19-9/h5,7,16H,3-4H2,1-2H3,(H,13,18)(H,14,15,17). The number of hydrogen-bond acceptors (Lipinski definition) is 5. The Hall–Kier alpha value is -1.73. The van der Waals surface area contributed by atoms with E-state index in [1.807, 2.05) is 6.92 Å². The lowest BCUT2D eigenvalue weighted by atomic mass is 10.2. The second-order valence-corrected chi connectivity index (χ2v) is 5.24. The van der Waals surface area contributed by atoms with E-state index in [-0.39, 0.29) is 18.0 Å². The topological polar surface area (TPSA) is 95.1 Å². The first-order chi connectivity index (χ1) is 9.04. The zero-order valence-electron chi connectivity index (χ0n) is 10.7. The molecule has 2 aromatic heterocycles. The molecule has 2 aromatic rings. The molecule has 0 fully saturated rings. The van der Waals surface area contributed by atoms with Gasteiger partial charge in [-0.25, -0.2) is 4.98 Å². The number of nitrogens with zero attached hydrogens (tertiary/aromatic N) is 1. The van der Waals surface area contributed by atoms with E-state index in [1.165, 1.54) is 17.7 Å². The van der Waals surface area contributed by atoms with Gasteiger partial charge in [0.15, 0.2) is 0 Å². The normalized spacial score (nSPS) is 12.6. The second-order valence-electron chi connectivity index (χ2n) is 4.24. The summed E-state index contributed by atoms with van der Waals surface area (Å²) in [4.78, 5) is 31.3. The second kappa shape index (κ2) is 5.50. The molecule has 19 heavy (non-hydrogen) atoms. The van der Waals surface area contributed by atoms with Gasteiger partial charge in [-0.2, -0.15) is 0 Å². The summed E-state index contributed by atoms with van der Waals surface area (Å²) in [7, 11) is 0. The summed E-state index contributed by atoms with van der Waals surface area (Å²) in [6.45, 7) is 3.76. The molecule has 1 amide bonds. The van der Waals surface area contributed by atoms with Crippen molar-refractivity contribution in [3.63, 3.8) is 0 Å². The van der Waals surface area contributed by atoms with Gasteiger partial charge in [-0.15, -0.1) is 11.3 Å². The molecule has 7 heteroatoms. The van der Waals surface area contributed by atoms with Gasteiger partial charge in [-0.1, -0.05) is 6.92 Å². The summed E-state index contributed by atoms with van der Waals surface area (Å²) < 4.78 is 0. The van der Waals surface area contributed by atoms with Crippen LogP contribution >= 0.6 is 11.3 Å². The maximum absolute atomic E-state index is 12.0. The number of aromatic nitrogens is 2. The summed E-state index contributed by atoms with van der Waals surface area (Å²) in [6, 6.07) is 0. The molecule has 2 heterocycles. The number of fused-ring (bicyclic) bond motifs is 1. The average molecular weight is 281 g/mol. The number of nitrogens with one attached hydrogen (secondary N) is 2. The lowest BCUT2D eigenvalue weighted by Crippen LogP contribution is -2.31. The number of aliphatic hydroxyl groups excluding tert-OH is 1. The molecule has 0 saturated carbocycles. The minimum Gasteiger partial charge on any atom is -0.391 e. The molecular weight excluding hydrogens is 266 g/mol. The van der Waals surface area contributed by atoms with Crippen molar-refractivity contribution in [2.24, 2.45) is 0 Å². The van der Waals surface area contributed by atoms with Crippen LogP contribution in [0.2, 0.25) is 0 Å². The Morgan fingerprint density at radius 3 is 3.00 bits per heavy atom. The van der Waals surface area contributed by atoms with Crippen molar-refractivity contribution in [3.05, 3.63) is 27.1 Å². The minimum absolute atomic E-state index is 0.201. The van der Waals surface area contributed by atoms with Gasteiger partial charge in [-0.3, -0.25) is 9.59 Å². The predicted octanol–water partition coefficient (Wildman–Crippen LogP) is 0.794. The van der Waals surface area contributed by atoms with E-state index in [9.17, 15) is 14.7 Å². The van der Waals surface area contributed by atoms with E-state index in [0.29, 0.717) is 27.1 Å². The third-order valence-electron chi connectivity index (χ3n) is 2.91. The molecule has 2 rings (SSSR count). The average Bonchev–Trinajstić information content (AvgIpc) is 2.74. The number of rotatable bonds is 4. The number of carbonyl (C=O) groups is 1. The highest BCUT2D eigenvalue weighted by Crippen LogP contribution is 2.26. The van der Waals surface area contributed by atoms with Gasteiger partial charge in [0.1, 0.15) is 4.83 Å². The van der Waals surface area contributed by atoms with Crippen LogP contribution in [0.5, 0.6) is 0 Å². The van der Waals surface area contributed by atoms with E-state index >= 15 is 0 Å². The number of thiophene rings is 1. The molecule has 0 bridgehead atoms. The van der Waals surface area contributed by atoms with Gasteiger partial charge in [0.05, 0.1) is 22.7 Å². The molecule has 102 valence electrons. The number of H-pyrrole nitrogens is 1. The van der Waals surface area contributed by atoms with Crippen molar-refractivity contribution in [3.8, 4) is 0 Å². The van der Waals surface area contributed by atoms with Crippen LogP contribution in [0.1, 0.15) is 28.6 Å². The van der Waals surface area contributed by atoms with Crippen molar-refractivity contribution in [2.75, 3.05) is 6.54 Å². The fourth-order valence-electron chi connectivity index (χ4n) is 1.73. The monoisotopic (exact) mass is 281 g/mol. The van der Waals surface area contributed by atoms with Gasteiger partial charge >= 0.3 is 0 Å². The fraction of sp³-hybridized carbons (Fsp3) is 0.417. The molecule has 1 unspecified atom stereocenters. The Labute approximate surface area is 113 Å². The van der Waals surface area contributed by atoms with Crippen molar-refractivity contribution in [1.82, 2.24) is 15.3 Å². The molecule has 0 aliphatic heterocycles. The number of carbonyl (C=O) groups excluding carboxylic acids is 1. The lowest BCUT2D eigenvalue weighted by molar-refractivity contribution is 0.0917. The van der Waals surface area contributed by atoms with Gasteiger partial charge in [-0.05, 0) is 18.9 Å². The summed E-state index contributed by atoms with van der Waals surface area (Å²) in [6.07, 6.45) is 1.34. The van der Waals surface area contributed by atoms with Crippen molar-refractivity contribution in [1.29, 1.82) is 0 Å². The van der Waals surface area contributed by atoms with Gasteiger partial charge < -0.3 is 15.4 Å². The number of amides is 1. The Bertz CT molecular complexity index is 662. The van der Waals surface area contributed by atoms with Gasteiger partial charge in [0.25, 0.3) is 11.5 Å². The van der Waals surface area contributed by atoms with E-state index < -0.39 is 6.10 Å². The van der Waals surface area contributed by atoms with Crippen LogP contribution in [0.15, 0.2) is 11.1 Å². The summed E-state index contributed by atoms with van der Waals surface area (Å²) in [5.74, 6) is -0.285. The van der Waals surface area contributed by atoms with Crippen LogP contribution < -0.4 is 10.9 Å². The van der Waals surface area contributed by atoms with Crippen LogP contribution in [0, 0.1) is 6.92 Å². The van der Waals surface area contributed by atoms with Crippen LogP contribution in [0.4, 0.5) is 0 Å². The van der Waals surface area contributed by atoms with Crippen LogP contribution in [0.3, 0.4) is 0 Å². The van der Waals surface area contributed by atoms with Crippen LogP contribution in [-0.4, -0.2) is 33.6 Å². The lowest BCUT2D eigenvalue weighted by Gasteiger charge is -2.08. The zero-order valence-corrected chi connectivity index (χ0v) is 11.5. The summed E-state index contributed by atoms with van der Waals surface area (Å²) in [5, 5.41) is 12.5. The smallest absolute Gasteiger partial charge is 0.261 e. The van der Waals surface area contributed by atoms with E-state index in [4.69, 9.17) is 0 Å². The molecule has 0 saturated heterocycles. The number of aromatic amines is 1. The minimum atomic E-state index is -0.555. The number of aliphatic hydroxyl groups is 1. The first kappa shape index (κ1) is 13.7. The van der Waals surface area contributed by atoms with Crippen LogP contribution in [-0.2, 0) is 0 Å². The maximum atomic E-state index is 12.0. The molecule has 0 spiro atoms. The maximum Gasteiger partial charge on any atom is 0.261 e. The Kier molecular flexibility index (Phi) is 3.96. The van der Waals surface area contributed by atoms with Crippen molar-refractivity contribution >= 4 is 27.5 Å². The first-order valence-electron chi connectivity index (χ1n) is 5.97. The van der Waals surface area contributed by atoms with E-state index in [0.717, 1.165) is 0 Å². The molecule has 3 N–H and O–H groups in total. The number of hydrogen-bond donors (Lipinski definition) is 3. The Balaban J connectivity index is 2.31. The van der Waals surface area contributed by atoms with Crippen LogP contribution in [0.25, 0.3) is 10.2 Å². The third kappa shape index (κ3) is 2.66. The largest absolute Gasteiger partial charge is 0.391 e. The highest BCUT2D eigenvalue weighted by molar-refractivity contribution is 7.20.